The molecular weight excluding hydrogens is 274 g/mol. The Morgan fingerprint density at radius 3 is 2.55 bits per heavy atom. The summed E-state index contributed by atoms with van der Waals surface area (Å²) in [5.74, 6) is 0.953. The predicted octanol–water partition coefficient (Wildman–Crippen LogP) is 2.69. The summed E-state index contributed by atoms with van der Waals surface area (Å²) in [6.45, 7) is 6.38. The summed E-state index contributed by atoms with van der Waals surface area (Å²) >= 11 is 1.36. The Bertz CT molecular complexity index is 495. The number of carbonyl (C=O) groups excluding carboxylic acids is 1. The number of hydrogen-bond acceptors (Lipinski definition) is 5. The van der Waals surface area contributed by atoms with Crippen LogP contribution in [0.3, 0.4) is 0 Å². The maximum Gasteiger partial charge on any atom is 0.263 e. The van der Waals surface area contributed by atoms with E-state index in [0.29, 0.717) is 28.3 Å². The molecule has 4 N–H and O–H groups in total. The van der Waals surface area contributed by atoms with E-state index in [9.17, 15) is 4.79 Å². The number of nitrogen functional groups attached to an aromatic ring is 1. The Labute approximate surface area is 123 Å². The van der Waals surface area contributed by atoms with Gasteiger partial charge in [-0.15, -0.1) is 11.3 Å². The van der Waals surface area contributed by atoms with Crippen LogP contribution in [0.2, 0.25) is 0 Å². The van der Waals surface area contributed by atoms with Crippen molar-refractivity contribution in [3.8, 4) is 5.75 Å². The number of amides is 1. The standard InChI is InChI=1S/C14H23N3O2S/c1-7(2)8(3)16-14-11(19-4)10(15)12(20-14)13(18)17-9-5-6-9/h7-9,16H,5-6,15H2,1-4H3,(H,17,18). The second-order valence-electron chi connectivity index (χ2n) is 5.63. The summed E-state index contributed by atoms with van der Waals surface area (Å²) in [5, 5.41) is 7.17. The number of ether oxygens (including phenoxy) is 1. The van der Waals surface area contributed by atoms with E-state index in [4.69, 9.17) is 10.5 Å². The van der Waals surface area contributed by atoms with E-state index < -0.39 is 0 Å². The normalized spacial score (nSPS) is 16.1. The summed E-state index contributed by atoms with van der Waals surface area (Å²) in [5.41, 5.74) is 6.47. The van der Waals surface area contributed by atoms with Crippen molar-refractivity contribution in [3.63, 3.8) is 0 Å². The van der Waals surface area contributed by atoms with Gasteiger partial charge < -0.3 is 21.1 Å². The van der Waals surface area contributed by atoms with E-state index in [1.54, 1.807) is 7.11 Å². The van der Waals surface area contributed by atoms with Crippen LogP contribution < -0.4 is 21.1 Å². The van der Waals surface area contributed by atoms with Crippen molar-refractivity contribution >= 4 is 27.9 Å². The Hall–Kier alpha value is -1.43. The van der Waals surface area contributed by atoms with Gasteiger partial charge in [0.15, 0.2) is 5.75 Å². The van der Waals surface area contributed by atoms with Crippen LogP contribution in [0.1, 0.15) is 43.3 Å². The average Bonchev–Trinajstić information content (AvgIpc) is 3.13. The number of anilines is 2. The lowest BCUT2D eigenvalue weighted by molar-refractivity contribution is 0.0956. The molecule has 2 rings (SSSR count). The third-order valence-electron chi connectivity index (χ3n) is 3.58. The molecular formula is C14H23N3O2S. The average molecular weight is 297 g/mol. The minimum Gasteiger partial charge on any atom is -0.492 e. The quantitative estimate of drug-likeness (QED) is 0.754. The number of thiophene rings is 1. The minimum atomic E-state index is -0.0986. The first kappa shape index (κ1) is 15.0. The van der Waals surface area contributed by atoms with Gasteiger partial charge in [0, 0.05) is 12.1 Å². The molecule has 1 atom stereocenters. The van der Waals surface area contributed by atoms with E-state index in [-0.39, 0.29) is 11.9 Å². The van der Waals surface area contributed by atoms with Crippen molar-refractivity contribution in [1.29, 1.82) is 0 Å². The number of hydrogen-bond donors (Lipinski definition) is 3. The molecule has 1 amide bonds. The summed E-state index contributed by atoms with van der Waals surface area (Å²) < 4.78 is 5.35. The van der Waals surface area contributed by atoms with Crippen LogP contribution in [-0.4, -0.2) is 25.1 Å². The zero-order chi connectivity index (χ0) is 14.9. The van der Waals surface area contributed by atoms with E-state index in [1.807, 2.05) is 0 Å². The monoisotopic (exact) mass is 297 g/mol. The number of rotatable bonds is 6. The van der Waals surface area contributed by atoms with E-state index in [1.165, 1.54) is 11.3 Å². The van der Waals surface area contributed by atoms with Gasteiger partial charge in [0.25, 0.3) is 5.91 Å². The maximum atomic E-state index is 12.2. The van der Waals surface area contributed by atoms with Crippen LogP contribution in [-0.2, 0) is 0 Å². The highest BCUT2D eigenvalue weighted by Gasteiger charge is 2.28. The second-order valence-corrected chi connectivity index (χ2v) is 6.65. The number of methoxy groups -OCH3 is 1. The van der Waals surface area contributed by atoms with Gasteiger partial charge in [0.2, 0.25) is 0 Å². The van der Waals surface area contributed by atoms with Crippen LogP contribution in [0.25, 0.3) is 0 Å². The molecule has 1 heterocycles. The van der Waals surface area contributed by atoms with Crippen molar-refractivity contribution in [2.75, 3.05) is 18.2 Å². The summed E-state index contributed by atoms with van der Waals surface area (Å²) in [6, 6.07) is 0.599. The lowest BCUT2D eigenvalue weighted by Crippen LogP contribution is -2.25. The van der Waals surface area contributed by atoms with Gasteiger partial charge in [0.1, 0.15) is 15.6 Å². The molecule has 20 heavy (non-hydrogen) atoms. The summed E-state index contributed by atoms with van der Waals surface area (Å²) in [4.78, 5) is 12.7. The Kier molecular flexibility index (Phi) is 4.42. The highest BCUT2D eigenvalue weighted by atomic mass is 32.1. The first-order valence-electron chi connectivity index (χ1n) is 6.97. The summed E-state index contributed by atoms with van der Waals surface area (Å²) in [6.07, 6.45) is 2.12. The fourth-order valence-electron chi connectivity index (χ4n) is 1.75. The molecule has 1 saturated carbocycles. The number of nitrogens with two attached hydrogens (primary N) is 1. The molecule has 0 bridgehead atoms. The lowest BCUT2D eigenvalue weighted by Gasteiger charge is -2.18. The van der Waals surface area contributed by atoms with E-state index >= 15 is 0 Å². The lowest BCUT2D eigenvalue weighted by atomic mass is 10.1. The maximum absolute atomic E-state index is 12.2. The van der Waals surface area contributed by atoms with Crippen LogP contribution in [0.15, 0.2) is 0 Å². The molecule has 1 aromatic heterocycles. The van der Waals surface area contributed by atoms with Gasteiger partial charge in [-0.3, -0.25) is 4.79 Å². The van der Waals surface area contributed by atoms with E-state index in [2.05, 4.69) is 31.4 Å². The zero-order valence-electron chi connectivity index (χ0n) is 12.4. The Morgan fingerprint density at radius 2 is 2.05 bits per heavy atom. The van der Waals surface area contributed by atoms with Crippen molar-refractivity contribution in [3.05, 3.63) is 4.88 Å². The molecule has 1 unspecified atom stereocenters. The molecule has 0 aromatic carbocycles. The second kappa shape index (κ2) is 5.91. The van der Waals surface area contributed by atoms with Crippen molar-refractivity contribution < 1.29 is 9.53 Å². The zero-order valence-corrected chi connectivity index (χ0v) is 13.3. The van der Waals surface area contributed by atoms with Gasteiger partial charge in [-0.2, -0.15) is 0 Å². The van der Waals surface area contributed by atoms with Gasteiger partial charge in [-0.1, -0.05) is 13.8 Å². The van der Waals surface area contributed by atoms with Gasteiger partial charge >= 0.3 is 0 Å². The van der Waals surface area contributed by atoms with Crippen molar-refractivity contribution in [1.82, 2.24) is 5.32 Å². The van der Waals surface area contributed by atoms with Crippen LogP contribution in [0.4, 0.5) is 10.7 Å². The third kappa shape index (κ3) is 3.17. The molecule has 1 aliphatic carbocycles. The van der Waals surface area contributed by atoms with E-state index in [0.717, 1.165) is 17.8 Å². The molecule has 1 aromatic rings. The molecule has 0 spiro atoms. The molecule has 112 valence electrons. The molecule has 1 aliphatic rings. The highest BCUT2D eigenvalue weighted by Crippen LogP contribution is 2.43. The molecule has 0 radical (unpaired) electrons. The predicted molar refractivity (Wildman–Crippen MR) is 83.7 cm³/mol. The van der Waals surface area contributed by atoms with Gasteiger partial charge in [-0.05, 0) is 25.7 Å². The fourth-order valence-corrected chi connectivity index (χ4v) is 2.84. The first-order valence-corrected chi connectivity index (χ1v) is 7.79. The first-order chi connectivity index (χ1) is 9.43. The van der Waals surface area contributed by atoms with Crippen LogP contribution in [0.5, 0.6) is 5.75 Å². The number of nitrogens with one attached hydrogen (secondary N) is 2. The number of carbonyl (C=O) groups is 1. The van der Waals surface area contributed by atoms with Crippen molar-refractivity contribution in [2.24, 2.45) is 5.92 Å². The minimum absolute atomic E-state index is 0.0986. The van der Waals surface area contributed by atoms with Crippen molar-refractivity contribution in [2.45, 2.75) is 45.7 Å². The molecule has 6 heteroatoms. The van der Waals surface area contributed by atoms with Crippen LogP contribution >= 0.6 is 11.3 Å². The molecule has 5 nitrogen and oxygen atoms in total. The summed E-state index contributed by atoms with van der Waals surface area (Å²) in [7, 11) is 1.58. The van der Waals surface area contributed by atoms with Gasteiger partial charge in [0.05, 0.1) is 7.11 Å². The molecule has 1 fully saturated rings. The van der Waals surface area contributed by atoms with Crippen LogP contribution in [0, 0.1) is 5.92 Å². The molecule has 0 aliphatic heterocycles. The smallest absolute Gasteiger partial charge is 0.263 e. The fraction of sp³-hybridized carbons (Fsp3) is 0.643. The Morgan fingerprint density at radius 1 is 1.40 bits per heavy atom. The highest BCUT2D eigenvalue weighted by molar-refractivity contribution is 7.19. The topological polar surface area (TPSA) is 76.4 Å². The molecule has 0 saturated heterocycles. The van der Waals surface area contributed by atoms with Gasteiger partial charge in [-0.25, -0.2) is 0 Å². The largest absolute Gasteiger partial charge is 0.492 e. The third-order valence-corrected chi connectivity index (χ3v) is 4.70. The SMILES string of the molecule is COc1c(NC(C)C(C)C)sc(C(=O)NC2CC2)c1N. The Balaban J connectivity index is 2.20.